The lowest BCUT2D eigenvalue weighted by atomic mass is 10.1. The first kappa shape index (κ1) is 12.7. The summed E-state index contributed by atoms with van der Waals surface area (Å²) in [6, 6.07) is 17.9. The van der Waals surface area contributed by atoms with Crippen LogP contribution in [0.1, 0.15) is 30.0 Å². The van der Waals surface area contributed by atoms with E-state index in [1.165, 1.54) is 18.4 Å². The van der Waals surface area contributed by atoms with E-state index in [-0.39, 0.29) is 0 Å². The third-order valence-corrected chi connectivity index (χ3v) is 3.56. The van der Waals surface area contributed by atoms with Gasteiger partial charge in [0.1, 0.15) is 11.5 Å². The van der Waals surface area contributed by atoms with Crippen LogP contribution in [0.15, 0.2) is 48.5 Å². The topological polar surface area (TPSA) is 45.0 Å². The van der Waals surface area contributed by atoms with Gasteiger partial charge in [-0.05, 0) is 61.3 Å². The molecule has 3 heteroatoms. The van der Waals surface area contributed by atoms with Crippen LogP contribution in [0.4, 0.5) is 0 Å². The predicted octanol–water partition coefficient (Wildman–Crippen LogP) is 3.78. The van der Waals surface area contributed by atoms with Crippen LogP contribution in [0, 0.1) is 11.3 Å². The van der Waals surface area contributed by atoms with Crippen LogP contribution in [-0.2, 0) is 0 Å². The van der Waals surface area contributed by atoms with Crippen molar-refractivity contribution in [3.8, 4) is 17.6 Å². The van der Waals surface area contributed by atoms with Crippen LogP contribution >= 0.6 is 0 Å². The van der Waals surface area contributed by atoms with Gasteiger partial charge >= 0.3 is 0 Å². The summed E-state index contributed by atoms with van der Waals surface area (Å²) < 4.78 is 5.77. The van der Waals surface area contributed by atoms with Gasteiger partial charge in [-0.2, -0.15) is 5.26 Å². The molecule has 1 N–H and O–H groups in total. The van der Waals surface area contributed by atoms with Gasteiger partial charge in [0.05, 0.1) is 11.6 Å². The average molecular weight is 264 g/mol. The lowest BCUT2D eigenvalue weighted by Gasteiger charge is -2.11. The largest absolute Gasteiger partial charge is 0.457 e. The Bertz CT molecular complexity index is 605. The van der Waals surface area contributed by atoms with Gasteiger partial charge in [0.25, 0.3) is 0 Å². The van der Waals surface area contributed by atoms with Crippen LogP contribution in [0.5, 0.6) is 11.5 Å². The lowest BCUT2D eigenvalue weighted by molar-refractivity contribution is 0.482. The van der Waals surface area contributed by atoms with Crippen molar-refractivity contribution in [2.45, 2.75) is 18.9 Å². The zero-order valence-electron chi connectivity index (χ0n) is 11.2. The van der Waals surface area contributed by atoms with Crippen LogP contribution < -0.4 is 10.1 Å². The number of nitriles is 1. The quantitative estimate of drug-likeness (QED) is 0.917. The molecule has 0 radical (unpaired) electrons. The Balaban J connectivity index is 1.69. The van der Waals surface area contributed by atoms with Crippen molar-refractivity contribution in [2.75, 3.05) is 6.54 Å². The molecule has 1 aliphatic heterocycles. The number of nitrogens with zero attached hydrogens (tertiary/aromatic N) is 1. The van der Waals surface area contributed by atoms with E-state index < -0.39 is 0 Å². The first-order valence-electron chi connectivity index (χ1n) is 6.86. The molecule has 2 aromatic carbocycles. The second-order valence-corrected chi connectivity index (χ2v) is 4.96. The van der Waals surface area contributed by atoms with Crippen molar-refractivity contribution in [2.24, 2.45) is 0 Å². The second kappa shape index (κ2) is 5.77. The summed E-state index contributed by atoms with van der Waals surface area (Å²) in [4.78, 5) is 0. The number of rotatable bonds is 3. The molecule has 1 unspecified atom stereocenters. The molecule has 1 atom stereocenters. The molecule has 0 amide bonds. The Hall–Kier alpha value is -2.31. The molecule has 0 spiro atoms. The van der Waals surface area contributed by atoms with Gasteiger partial charge < -0.3 is 10.1 Å². The standard InChI is InChI=1S/C17H16N2O/c18-12-13-3-7-15(8-4-13)20-16-9-5-14(6-10-16)17-2-1-11-19-17/h3-10,17,19H,1-2,11H2. The highest BCUT2D eigenvalue weighted by atomic mass is 16.5. The van der Waals surface area contributed by atoms with Crippen molar-refractivity contribution in [1.29, 1.82) is 5.26 Å². The molecule has 1 fully saturated rings. The highest BCUT2D eigenvalue weighted by Crippen LogP contribution is 2.27. The van der Waals surface area contributed by atoms with Gasteiger partial charge in [-0.1, -0.05) is 12.1 Å². The number of benzene rings is 2. The number of hydrogen-bond acceptors (Lipinski definition) is 3. The zero-order valence-corrected chi connectivity index (χ0v) is 11.2. The van der Waals surface area contributed by atoms with E-state index in [2.05, 4.69) is 23.5 Å². The van der Waals surface area contributed by atoms with E-state index in [0.717, 1.165) is 18.0 Å². The van der Waals surface area contributed by atoms with Gasteiger partial charge in [-0.25, -0.2) is 0 Å². The van der Waals surface area contributed by atoms with Crippen molar-refractivity contribution >= 4 is 0 Å². The third kappa shape index (κ3) is 2.81. The normalized spacial score (nSPS) is 17.6. The van der Waals surface area contributed by atoms with Gasteiger partial charge in [0.15, 0.2) is 0 Å². The monoisotopic (exact) mass is 264 g/mol. The summed E-state index contributed by atoms with van der Waals surface area (Å²) in [5.41, 5.74) is 1.95. The van der Waals surface area contributed by atoms with Crippen molar-refractivity contribution < 1.29 is 4.74 Å². The molecule has 2 aromatic rings. The second-order valence-electron chi connectivity index (χ2n) is 4.96. The molecule has 0 bridgehead atoms. The minimum Gasteiger partial charge on any atom is -0.457 e. The first-order chi connectivity index (χ1) is 9.85. The summed E-state index contributed by atoms with van der Waals surface area (Å²) in [5, 5.41) is 12.2. The van der Waals surface area contributed by atoms with Gasteiger partial charge in [0, 0.05) is 6.04 Å². The van der Waals surface area contributed by atoms with Crippen LogP contribution in [0.3, 0.4) is 0 Å². The molecule has 100 valence electrons. The molecule has 0 aliphatic carbocycles. The average Bonchev–Trinajstić information content (AvgIpc) is 3.03. The van der Waals surface area contributed by atoms with E-state index in [9.17, 15) is 0 Å². The summed E-state index contributed by atoms with van der Waals surface area (Å²) in [5.74, 6) is 1.56. The molecule has 20 heavy (non-hydrogen) atoms. The Morgan fingerprint density at radius 3 is 2.20 bits per heavy atom. The van der Waals surface area contributed by atoms with E-state index in [0.29, 0.717) is 11.6 Å². The summed E-state index contributed by atoms with van der Waals surface area (Å²) >= 11 is 0. The fraction of sp³-hybridized carbons (Fsp3) is 0.235. The Kier molecular flexibility index (Phi) is 3.67. The molecule has 1 aliphatic rings. The Labute approximate surface area is 118 Å². The van der Waals surface area contributed by atoms with Gasteiger partial charge in [0.2, 0.25) is 0 Å². The minimum absolute atomic E-state index is 0.485. The molecular formula is C17H16N2O. The zero-order chi connectivity index (χ0) is 13.8. The maximum atomic E-state index is 8.76. The van der Waals surface area contributed by atoms with Crippen molar-refractivity contribution in [3.63, 3.8) is 0 Å². The molecular weight excluding hydrogens is 248 g/mol. The molecule has 0 saturated carbocycles. The van der Waals surface area contributed by atoms with E-state index in [1.807, 2.05) is 24.3 Å². The van der Waals surface area contributed by atoms with Crippen LogP contribution in [0.2, 0.25) is 0 Å². The predicted molar refractivity (Wildman–Crippen MR) is 77.7 cm³/mol. The maximum absolute atomic E-state index is 8.76. The summed E-state index contributed by atoms with van der Waals surface area (Å²) in [6.45, 7) is 1.11. The highest BCUT2D eigenvalue weighted by Gasteiger charge is 2.15. The van der Waals surface area contributed by atoms with Crippen molar-refractivity contribution in [1.82, 2.24) is 5.32 Å². The number of hydrogen-bond donors (Lipinski definition) is 1. The van der Waals surface area contributed by atoms with Crippen LogP contribution in [0.25, 0.3) is 0 Å². The van der Waals surface area contributed by atoms with Gasteiger partial charge in [-0.15, -0.1) is 0 Å². The highest BCUT2D eigenvalue weighted by molar-refractivity contribution is 5.38. The Morgan fingerprint density at radius 2 is 1.65 bits per heavy atom. The third-order valence-electron chi connectivity index (χ3n) is 3.56. The smallest absolute Gasteiger partial charge is 0.127 e. The maximum Gasteiger partial charge on any atom is 0.127 e. The molecule has 0 aromatic heterocycles. The molecule has 3 rings (SSSR count). The number of ether oxygens (including phenoxy) is 1. The molecule has 3 nitrogen and oxygen atoms in total. The number of nitrogens with one attached hydrogen (secondary N) is 1. The van der Waals surface area contributed by atoms with E-state index in [4.69, 9.17) is 10.00 Å². The summed E-state index contributed by atoms with van der Waals surface area (Å²) in [6.07, 6.45) is 2.45. The van der Waals surface area contributed by atoms with Crippen molar-refractivity contribution in [3.05, 3.63) is 59.7 Å². The van der Waals surface area contributed by atoms with Crippen LogP contribution in [-0.4, -0.2) is 6.54 Å². The lowest BCUT2D eigenvalue weighted by Crippen LogP contribution is -2.12. The SMILES string of the molecule is N#Cc1ccc(Oc2ccc(C3CCCN3)cc2)cc1. The Morgan fingerprint density at radius 1 is 1.00 bits per heavy atom. The molecule has 1 saturated heterocycles. The summed E-state index contributed by atoms with van der Waals surface area (Å²) in [7, 11) is 0. The van der Waals surface area contributed by atoms with E-state index >= 15 is 0 Å². The van der Waals surface area contributed by atoms with Gasteiger partial charge in [-0.3, -0.25) is 0 Å². The van der Waals surface area contributed by atoms with E-state index in [1.54, 1.807) is 12.1 Å². The molecule has 1 heterocycles. The fourth-order valence-corrected chi connectivity index (χ4v) is 2.47. The fourth-order valence-electron chi connectivity index (χ4n) is 2.47. The first-order valence-corrected chi connectivity index (χ1v) is 6.86. The minimum atomic E-state index is 0.485.